The topological polar surface area (TPSA) is 33.5 Å². The van der Waals surface area contributed by atoms with E-state index in [0.717, 1.165) is 15.8 Å². The van der Waals surface area contributed by atoms with Crippen LogP contribution in [-0.2, 0) is 4.79 Å². The highest BCUT2D eigenvalue weighted by Gasteiger charge is 2.23. The van der Waals surface area contributed by atoms with E-state index in [-0.39, 0.29) is 5.78 Å². The van der Waals surface area contributed by atoms with Crippen molar-refractivity contribution >= 4 is 56.1 Å². The third-order valence-corrected chi connectivity index (χ3v) is 5.28. The number of ketones is 1. The molecule has 0 atom stereocenters. The van der Waals surface area contributed by atoms with Gasteiger partial charge in [-0.3, -0.25) is 4.79 Å². The molecule has 2 aromatic rings. The molecule has 0 spiro atoms. The van der Waals surface area contributed by atoms with Crippen LogP contribution in [0.15, 0.2) is 50.2 Å². The molecule has 3 rings (SSSR count). The summed E-state index contributed by atoms with van der Waals surface area (Å²) in [7, 11) is 1.82. The lowest BCUT2D eigenvalue weighted by molar-refractivity contribution is -0.115. The van der Waals surface area contributed by atoms with E-state index in [0.29, 0.717) is 21.5 Å². The summed E-state index contributed by atoms with van der Waals surface area (Å²) in [6.45, 7) is 0.316. The molecule has 0 amide bonds. The number of hydrogen-bond acceptors (Lipinski definition) is 4. The van der Waals surface area contributed by atoms with E-state index >= 15 is 0 Å². The third-order valence-electron chi connectivity index (χ3n) is 3.17. The van der Waals surface area contributed by atoms with Gasteiger partial charge in [-0.25, -0.2) is 0 Å². The number of rotatable bonds is 2. The second-order valence-corrected chi connectivity index (χ2v) is 7.46. The number of carbonyl (C=O) groups is 1. The van der Waals surface area contributed by atoms with Crippen LogP contribution in [0.4, 0.5) is 0 Å². The quantitative estimate of drug-likeness (QED) is 0.550. The summed E-state index contributed by atoms with van der Waals surface area (Å²) in [4.78, 5) is 14.4. The molecular weight excluding hydrogens is 382 g/mol. The summed E-state index contributed by atoms with van der Waals surface area (Å²) in [5, 5.41) is 0. The fourth-order valence-corrected chi connectivity index (χ4v) is 3.55. The molecule has 1 aromatic heterocycles. The lowest BCUT2D eigenvalue weighted by Crippen LogP contribution is -2.34. The van der Waals surface area contributed by atoms with Gasteiger partial charge >= 0.3 is 0 Å². The van der Waals surface area contributed by atoms with Crippen LogP contribution < -0.4 is 0 Å². The van der Waals surface area contributed by atoms with Crippen molar-refractivity contribution in [2.24, 2.45) is 0 Å². The van der Waals surface area contributed by atoms with E-state index in [4.69, 9.17) is 16.6 Å². The highest BCUT2D eigenvalue weighted by Crippen LogP contribution is 2.30. The highest BCUT2D eigenvalue weighted by atomic mass is 79.9. The monoisotopic (exact) mass is 393 g/mol. The van der Waals surface area contributed by atoms with Gasteiger partial charge in [0.1, 0.15) is 15.8 Å². The predicted octanol–water partition coefficient (Wildman–Crippen LogP) is 4.58. The number of thioether (sulfide) groups is 1. The van der Waals surface area contributed by atoms with Gasteiger partial charge in [0.05, 0.1) is 11.4 Å². The first-order chi connectivity index (χ1) is 10.5. The minimum absolute atomic E-state index is 0.0569. The number of thiocarbonyl (C=S) groups is 1. The van der Waals surface area contributed by atoms with Gasteiger partial charge in [-0.15, -0.1) is 0 Å². The Morgan fingerprint density at radius 3 is 2.95 bits per heavy atom. The molecule has 0 bridgehead atoms. The van der Waals surface area contributed by atoms with Crippen molar-refractivity contribution in [3.8, 4) is 11.3 Å². The maximum atomic E-state index is 12.0. The van der Waals surface area contributed by atoms with Crippen LogP contribution >= 0.6 is 39.9 Å². The number of benzene rings is 1. The number of nitrogens with zero attached hydrogens (tertiary/aromatic N) is 1. The van der Waals surface area contributed by atoms with Crippen LogP contribution in [0, 0.1) is 0 Å². The predicted molar refractivity (Wildman–Crippen MR) is 97.6 cm³/mol. The van der Waals surface area contributed by atoms with Gasteiger partial charge in [0.2, 0.25) is 0 Å². The molecule has 2 heterocycles. The zero-order chi connectivity index (χ0) is 15.7. The van der Waals surface area contributed by atoms with Gasteiger partial charge in [-0.05, 0) is 30.3 Å². The molecule has 1 aliphatic heterocycles. The van der Waals surface area contributed by atoms with Crippen LogP contribution in [0.5, 0.6) is 0 Å². The minimum atomic E-state index is 0.0569. The number of hydrogen-bond donors (Lipinski definition) is 0. The first-order valence-electron chi connectivity index (χ1n) is 6.56. The van der Waals surface area contributed by atoms with Gasteiger partial charge in [0.15, 0.2) is 5.78 Å². The van der Waals surface area contributed by atoms with Crippen molar-refractivity contribution in [3.63, 3.8) is 0 Å². The van der Waals surface area contributed by atoms with E-state index in [1.807, 2.05) is 43.4 Å². The van der Waals surface area contributed by atoms with Gasteiger partial charge in [-0.2, -0.15) is 0 Å². The fourth-order valence-electron chi connectivity index (χ4n) is 2.05. The van der Waals surface area contributed by atoms with Crippen molar-refractivity contribution in [3.05, 3.63) is 51.5 Å². The van der Waals surface area contributed by atoms with Crippen molar-refractivity contribution in [2.45, 2.75) is 0 Å². The van der Waals surface area contributed by atoms with Crippen LogP contribution in [0.2, 0.25) is 0 Å². The van der Waals surface area contributed by atoms with Crippen molar-refractivity contribution in [2.75, 3.05) is 13.6 Å². The van der Waals surface area contributed by atoms with Crippen LogP contribution in [0.1, 0.15) is 5.76 Å². The summed E-state index contributed by atoms with van der Waals surface area (Å²) < 4.78 is 7.51. The Bertz CT molecular complexity index is 782. The molecule has 3 nitrogen and oxygen atoms in total. The van der Waals surface area contributed by atoms with Crippen molar-refractivity contribution < 1.29 is 9.21 Å². The zero-order valence-corrected chi connectivity index (χ0v) is 14.9. The molecule has 1 fully saturated rings. The Hall–Kier alpha value is -1.37. The zero-order valence-electron chi connectivity index (χ0n) is 11.7. The molecule has 0 unspecified atom stereocenters. The molecule has 1 saturated heterocycles. The molecule has 22 heavy (non-hydrogen) atoms. The summed E-state index contributed by atoms with van der Waals surface area (Å²) >= 11 is 9.98. The van der Waals surface area contributed by atoms with Crippen molar-refractivity contribution in [1.29, 1.82) is 0 Å². The van der Waals surface area contributed by atoms with E-state index < -0.39 is 0 Å². The second-order valence-electron chi connectivity index (χ2n) is 4.87. The standard InChI is InChI=1S/C16H12BrNO2S2/c1-18-9-13(19)15(22-16(18)21)8-12-5-6-14(20-12)10-3-2-4-11(17)7-10/h2-8H,9H2,1H3/b15-8+. The van der Waals surface area contributed by atoms with E-state index in [2.05, 4.69) is 15.9 Å². The number of furan rings is 1. The SMILES string of the molecule is CN1CC(=O)/C(=C\c2ccc(-c3cccc(Br)c3)o2)SC1=S. The molecular formula is C16H12BrNO2S2. The van der Waals surface area contributed by atoms with Gasteiger partial charge in [0, 0.05) is 17.1 Å². The molecule has 1 aliphatic rings. The average Bonchev–Trinajstić information content (AvgIpc) is 2.93. The Morgan fingerprint density at radius 1 is 1.36 bits per heavy atom. The highest BCUT2D eigenvalue weighted by molar-refractivity contribution is 9.10. The fraction of sp³-hybridized carbons (Fsp3) is 0.125. The van der Waals surface area contributed by atoms with E-state index in [1.54, 1.807) is 11.0 Å². The maximum Gasteiger partial charge on any atom is 0.188 e. The molecule has 6 heteroatoms. The second kappa shape index (κ2) is 6.40. The number of Topliss-reactive ketones (excluding diaryl/α,β-unsaturated/α-hetero) is 1. The van der Waals surface area contributed by atoms with E-state index in [9.17, 15) is 4.79 Å². The summed E-state index contributed by atoms with van der Waals surface area (Å²) in [6, 6.07) is 11.6. The number of halogens is 1. The summed E-state index contributed by atoms with van der Waals surface area (Å²) in [6.07, 6.45) is 1.76. The van der Waals surface area contributed by atoms with E-state index in [1.165, 1.54) is 11.8 Å². The van der Waals surface area contributed by atoms with Crippen LogP contribution in [-0.4, -0.2) is 28.6 Å². The largest absolute Gasteiger partial charge is 0.457 e. The van der Waals surface area contributed by atoms with Crippen LogP contribution in [0.25, 0.3) is 17.4 Å². The number of likely N-dealkylation sites (N-methyl/N-ethyl adjacent to an activating group) is 1. The molecule has 1 aromatic carbocycles. The first-order valence-corrected chi connectivity index (χ1v) is 8.58. The Labute approximate surface area is 146 Å². The van der Waals surface area contributed by atoms with Gasteiger partial charge < -0.3 is 9.32 Å². The average molecular weight is 394 g/mol. The first kappa shape index (κ1) is 15.5. The molecule has 0 N–H and O–H groups in total. The molecule has 112 valence electrons. The Morgan fingerprint density at radius 2 is 2.18 bits per heavy atom. The summed E-state index contributed by atoms with van der Waals surface area (Å²) in [5.41, 5.74) is 0.983. The number of carbonyl (C=O) groups excluding carboxylic acids is 1. The lowest BCUT2D eigenvalue weighted by Gasteiger charge is -2.24. The third kappa shape index (κ3) is 3.34. The summed E-state index contributed by atoms with van der Waals surface area (Å²) in [5.74, 6) is 1.47. The Balaban J connectivity index is 1.87. The molecule has 0 aliphatic carbocycles. The molecule has 0 radical (unpaired) electrons. The molecule has 0 saturated carbocycles. The maximum absolute atomic E-state index is 12.0. The Kier molecular flexibility index (Phi) is 4.52. The smallest absolute Gasteiger partial charge is 0.188 e. The van der Waals surface area contributed by atoms with Gasteiger partial charge in [-0.1, -0.05) is 52.0 Å². The minimum Gasteiger partial charge on any atom is -0.457 e. The van der Waals surface area contributed by atoms with Gasteiger partial charge in [0.25, 0.3) is 0 Å². The van der Waals surface area contributed by atoms with Crippen LogP contribution in [0.3, 0.4) is 0 Å². The van der Waals surface area contributed by atoms with Crippen molar-refractivity contribution in [1.82, 2.24) is 4.90 Å². The lowest BCUT2D eigenvalue weighted by atomic mass is 10.2. The normalized spacial score (nSPS) is 17.4.